The maximum absolute atomic E-state index is 12.5. The maximum Gasteiger partial charge on any atom is 0.255 e. The Morgan fingerprint density at radius 2 is 2.04 bits per heavy atom. The SMILES string of the molecule is COc1cc(C(=O)Nc2ccccc2C)ccc1OCc1cscn1. The van der Waals surface area contributed by atoms with E-state index >= 15 is 0 Å². The second-order valence-corrected chi connectivity index (χ2v) is 6.12. The molecule has 3 rings (SSSR count). The van der Waals surface area contributed by atoms with Crippen LogP contribution in [0.3, 0.4) is 0 Å². The van der Waals surface area contributed by atoms with Crippen LogP contribution in [0.25, 0.3) is 0 Å². The van der Waals surface area contributed by atoms with Gasteiger partial charge in [0.05, 0.1) is 18.3 Å². The Morgan fingerprint density at radius 3 is 2.76 bits per heavy atom. The topological polar surface area (TPSA) is 60.5 Å². The number of thiazole rings is 1. The highest BCUT2D eigenvalue weighted by Crippen LogP contribution is 2.29. The van der Waals surface area contributed by atoms with Crippen LogP contribution >= 0.6 is 11.3 Å². The van der Waals surface area contributed by atoms with Crippen LogP contribution in [-0.4, -0.2) is 18.0 Å². The van der Waals surface area contributed by atoms with Crippen molar-refractivity contribution >= 4 is 22.9 Å². The van der Waals surface area contributed by atoms with Crippen molar-refractivity contribution in [2.75, 3.05) is 12.4 Å². The van der Waals surface area contributed by atoms with E-state index in [4.69, 9.17) is 9.47 Å². The molecule has 1 amide bonds. The van der Waals surface area contributed by atoms with Crippen molar-refractivity contribution in [3.05, 3.63) is 70.2 Å². The number of methoxy groups -OCH3 is 1. The summed E-state index contributed by atoms with van der Waals surface area (Å²) in [5.41, 5.74) is 4.91. The molecule has 1 N–H and O–H groups in total. The minimum Gasteiger partial charge on any atom is -0.493 e. The number of carbonyl (C=O) groups is 1. The molecule has 25 heavy (non-hydrogen) atoms. The molecule has 128 valence electrons. The van der Waals surface area contributed by atoms with Crippen molar-refractivity contribution in [2.24, 2.45) is 0 Å². The standard InChI is InChI=1S/C19H18N2O3S/c1-13-5-3-4-6-16(13)21-19(22)14-7-8-17(18(9-14)23-2)24-10-15-11-25-12-20-15/h3-9,11-12H,10H2,1-2H3,(H,21,22). The Bertz CT molecular complexity index is 863. The molecule has 5 nitrogen and oxygen atoms in total. The third kappa shape index (κ3) is 4.16. The average molecular weight is 354 g/mol. The molecule has 3 aromatic rings. The van der Waals surface area contributed by atoms with Gasteiger partial charge >= 0.3 is 0 Å². The van der Waals surface area contributed by atoms with Gasteiger partial charge < -0.3 is 14.8 Å². The largest absolute Gasteiger partial charge is 0.493 e. The molecule has 0 unspecified atom stereocenters. The number of hydrogen-bond donors (Lipinski definition) is 1. The Hall–Kier alpha value is -2.86. The Kier molecular flexibility index (Phi) is 5.30. The number of aryl methyl sites for hydroxylation is 1. The van der Waals surface area contributed by atoms with Crippen LogP contribution in [-0.2, 0) is 6.61 Å². The fraction of sp³-hybridized carbons (Fsp3) is 0.158. The van der Waals surface area contributed by atoms with Gasteiger partial charge in [0.1, 0.15) is 6.61 Å². The molecule has 0 radical (unpaired) electrons. The van der Waals surface area contributed by atoms with Crippen molar-refractivity contribution in [1.82, 2.24) is 4.98 Å². The number of nitrogens with one attached hydrogen (secondary N) is 1. The van der Waals surface area contributed by atoms with E-state index in [0.29, 0.717) is 23.7 Å². The summed E-state index contributed by atoms with van der Waals surface area (Å²) in [6.45, 7) is 2.31. The summed E-state index contributed by atoms with van der Waals surface area (Å²) < 4.78 is 11.1. The summed E-state index contributed by atoms with van der Waals surface area (Å²) in [5.74, 6) is 0.884. The lowest BCUT2D eigenvalue weighted by molar-refractivity contribution is 0.102. The molecule has 6 heteroatoms. The summed E-state index contributed by atoms with van der Waals surface area (Å²) in [4.78, 5) is 16.7. The van der Waals surface area contributed by atoms with Crippen molar-refractivity contribution in [1.29, 1.82) is 0 Å². The number of nitrogens with zero attached hydrogens (tertiary/aromatic N) is 1. The van der Waals surface area contributed by atoms with Gasteiger partial charge in [-0.1, -0.05) is 18.2 Å². The van der Waals surface area contributed by atoms with Crippen LogP contribution in [0.5, 0.6) is 11.5 Å². The number of anilines is 1. The zero-order chi connectivity index (χ0) is 17.6. The smallest absolute Gasteiger partial charge is 0.255 e. The van der Waals surface area contributed by atoms with Crippen molar-refractivity contribution in [3.8, 4) is 11.5 Å². The van der Waals surface area contributed by atoms with Gasteiger partial charge in [0.2, 0.25) is 0 Å². The highest BCUT2D eigenvalue weighted by atomic mass is 32.1. The number of amides is 1. The summed E-state index contributed by atoms with van der Waals surface area (Å²) in [6.07, 6.45) is 0. The Morgan fingerprint density at radius 1 is 1.20 bits per heavy atom. The monoisotopic (exact) mass is 354 g/mol. The molecule has 0 aliphatic heterocycles. The summed E-state index contributed by atoms with van der Waals surface area (Å²) in [6, 6.07) is 12.8. The van der Waals surface area contributed by atoms with Crippen LogP contribution in [0.1, 0.15) is 21.6 Å². The predicted octanol–water partition coefficient (Wildman–Crippen LogP) is 4.29. The van der Waals surface area contributed by atoms with Gasteiger partial charge in [0.25, 0.3) is 5.91 Å². The predicted molar refractivity (Wildman–Crippen MR) is 98.6 cm³/mol. The van der Waals surface area contributed by atoms with Crippen LogP contribution in [0.15, 0.2) is 53.4 Å². The van der Waals surface area contributed by atoms with Crippen molar-refractivity contribution < 1.29 is 14.3 Å². The third-order valence-corrected chi connectivity index (χ3v) is 4.31. The highest BCUT2D eigenvalue weighted by molar-refractivity contribution is 7.07. The van der Waals surface area contributed by atoms with E-state index in [1.807, 2.05) is 36.6 Å². The number of benzene rings is 2. The van der Waals surface area contributed by atoms with Crippen LogP contribution in [0.2, 0.25) is 0 Å². The Balaban J connectivity index is 1.74. The Labute approximate surface area is 150 Å². The molecule has 1 aromatic heterocycles. The lowest BCUT2D eigenvalue weighted by Crippen LogP contribution is -2.13. The minimum absolute atomic E-state index is 0.196. The lowest BCUT2D eigenvalue weighted by atomic mass is 10.1. The van der Waals surface area contributed by atoms with Gasteiger partial charge in [0.15, 0.2) is 11.5 Å². The number of ether oxygens (including phenoxy) is 2. The van der Waals surface area contributed by atoms with E-state index in [1.165, 1.54) is 11.3 Å². The first-order chi connectivity index (χ1) is 12.2. The summed E-state index contributed by atoms with van der Waals surface area (Å²) in [7, 11) is 1.55. The van der Waals surface area contributed by atoms with E-state index in [0.717, 1.165) is 16.9 Å². The second kappa shape index (κ2) is 7.81. The first-order valence-corrected chi connectivity index (χ1v) is 8.66. The number of rotatable bonds is 6. The van der Waals surface area contributed by atoms with E-state index in [1.54, 1.807) is 30.8 Å². The van der Waals surface area contributed by atoms with Crippen LogP contribution < -0.4 is 14.8 Å². The van der Waals surface area contributed by atoms with Gasteiger partial charge in [0, 0.05) is 16.6 Å². The van der Waals surface area contributed by atoms with Crippen LogP contribution in [0.4, 0.5) is 5.69 Å². The molecule has 2 aromatic carbocycles. The molecule has 0 spiro atoms. The van der Waals surface area contributed by atoms with Gasteiger partial charge in [-0.25, -0.2) is 4.98 Å². The molecule has 0 fully saturated rings. The van der Waals surface area contributed by atoms with Crippen LogP contribution in [0, 0.1) is 6.92 Å². The van der Waals surface area contributed by atoms with Gasteiger partial charge in [-0.3, -0.25) is 4.79 Å². The summed E-state index contributed by atoms with van der Waals surface area (Å²) >= 11 is 1.52. The molecular formula is C19H18N2O3S. The molecule has 0 saturated heterocycles. The van der Waals surface area contributed by atoms with E-state index < -0.39 is 0 Å². The zero-order valence-corrected chi connectivity index (χ0v) is 14.8. The first-order valence-electron chi connectivity index (χ1n) is 7.72. The number of aromatic nitrogens is 1. The van der Waals surface area contributed by atoms with Gasteiger partial charge in [-0.15, -0.1) is 11.3 Å². The van der Waals surface area contributed by atoms with E-state index in [-0.39, 0.29) is 5.91 Å². The normalized spacial score (nSPS) is 10.3. The fourth-order valence-electron chi connectivity index (χ4n) is 2.30. The quantitative estimate of drug-likeness (QED) is 0.717. The molecule has 0 aliphatic rings. The number of hydrogen-bond acceptors (Lipinski definition) is 5. The molecular weight excluding hydrogens is 336 g/mol. The van der Waals surface area contributed by atoms with E-state index in [2.05, 4.69) is 10.3 Å². The number of carbonyl (C=O) groups excluding carboxylic acids is 1. The van der Waals surface area contributed by atoms with Crippen molar-refractivity contribution in [3.63, 3.8) is 0 Å². The fourth-order valence-corrected chi connectivity index (χ4v) is 2.84. The summed E-state index contributed by atoms with van der Waals surface area (Å²) in [5, 5.41) is 4.83. The molecule has 0 bridgehead atoms. The highest BCUT2D eigenvalue weighted by Gasteiger charge is 2.12. The third-order valence-electron chi connectivity index (χ3n) is 3.68. The molecule has 0 aliphatic carbocycles. The average Bonchev–Trinajstić information content (AvgIpc) is 3.15. The second-order valence-electron chi connectivity index (χ2n) is 5.40. The molecule has 0 saturated carbocycles. The molecule has 0 atom stereocenters. The zero-order valence-electron chi connectivity index (χ0n) is 14.0. The minimum atomic E-state index is -0.196. The number of para-hydroxylation sites is 1. The van der Waals surface area contributed by atoms with E-state index in [9.17, 15) is 4.79 Å². The van der Waals surface area contributed by atoms with Crippen molar-refractivity contribution in [2.45, 2.75) is 13.5 Å². The first kappa shape index (κ1) is 17.0. The van der Waals surface area contributed by atoms with Gasteiger partial charge in [-0.05, 0) is 36.8 Å². The maximum atomic E-state index is 12.5. The lowest BCUT2D eigenvalue weighted by Gasteiger charge is -2.12. The molecule has 1 heterocycles. The van der Waals surface area contributed by atoms with Gasteiger partial charge in [-0.2, -0.15) is 0 Å².